The van der Waals surface area contributed by atoms with Crippen molar-refractivity contribution in [3.63, 3.8) is 0 Å². The molecule has 0 aliphatic carbocycles. The van der Waals surface area contributed by atoms with Gasteiger partial charge in [0.05, 0.1) is 11.7 Å². The zero-order valence-corrected chi connectivity index (χ0v) is 11.2. The molecule has 0 aromatic carbocycles. The van der Waals surface area contributed by atoms with Crippen molar-refractivity contribution in [2.45, 2.75) is 31.8 Å². The highest BCUT2D eigenvalue weighted by Gasteiger charge is 2.13. The predicted octanol–water partition coefficient (Wildman–Crippen LogP) is 2.09. The maximum absolute atomic E-state index is 5.68. The van der Waals surface area contributed by atoms with Gasteiger partial charge < -0.3 is 15.8 Å². The summed E-state index contributed by atoms with van der Waals surface area (Å²) in [5.74, 6) is 0.765. The summed E-state index contributed by atoms with van der Waals surface area (Å²) in [6.45, 7) is 1.73. The lowest BCUT2D eigenvalue weighted by atomic mass is 10.1. The summed E-state index contributed by atoms with van der Waals surface area (Å²) in [6.07, 6.45) is 6.73. The van der Waals surface area contributed by atoms with Gasteiger partial charge in [-0.3, -0.25) is 0 Å². The highest BCUT2D eigenvalue weighted by molar-refractivity contribution is 7.80. The number of hydrogen-bond donors (Lipinski definition) is 2. The second-order valence-corrected chi connectivity index (χ2v) is 4.91. The Bertz CT molecular complexity index is 405. The first kappa shape index (κ1) is 13.2. The van der Waals surface area contributed by atoms with E-state index in [2.05, 4.69) is 10.3 Å². The monoisotopic (exact) mass is 265 g/mol. The van der Waals surface area contributed by atoms with Crippen molar-refractivity contribution in [2.75, 3.05) is 18.5 Å². The van der Waals surface area contributed by atoms with Crippen LogP contribution in [-0.2, 0) is 4.74 Å². The Labute approximate surface area is 113 Å². The summed E-state index contributed by atoms with van der Waals surface area (Å²) in [6, 6.07) is 3.72. The molecule has 0 bridgehead atoms. The molecule has 1 aliphatic rings. The van der Waals surface area contributed by atoms with Gasteiger partial charge in [-0.2, -0.15) is 0 Å². The standard InChI is InChI=1S/C13H19N3OS/c14-12(18)11-5-3-7-15-13(11)16-8-6-10-4-1-2-9-17-10/h3,5,7,10H,1-2,4,6,8-9H2,(H2,14,18)(H,15,16). The topological polar surface area (TPSA) is 60.2 Å². The SMILES string of the molecule is NC(=S)c1cccnc1NCCC1CCCCO1. The third kappa shape index (κ3) is 3.65. The smallest absolute Gasteiger partial charge is 0.136 e. The molecular weight excluding hydrogens is 246 g/mol. The molecule has 2 heterocycles. The number of ether oxygens (including phenoxy) is 1. The summed E-state index contributed by atoms with van der Waals surface area (Å²) < 4.78 is 5.68. The highest BCUT2D eigenvalue weighted by Crippen LogP contribution is 2.16. The van der Waals surface area contributed by atoms with Gasteiger partial charge in [-0.1, -0.05) is 12.2 Å². The van der Waals surface area contributed by atoms with E-state index >= 15 is 0 Å². The first-order chi connectivity index (χ1) is 8.77. The molecule has 1 saturated heterocycles. The molecule has 4 nitrogen and oxygen atoms in total. The second kappa shape index (κ2) is 6.66. The van der Waals surface area contributed by atoms with Crippen molar-refractivity contribution < 1.29 is 4.74 Å². The summed E-state index contributed by atoms with van der Waals surface area (Å²) in [5, 5.41) is 3.28. The van der Waals surface area contributed by atoms with Crippen LogP contribution in [0.15, 0.2) is 18.3 Å². The number of nitrogens with two attached hydrogens (primary N) is 1. The van der Waals surface area contributed by atoms with E-state index in [-0.39, 0.29) is 0 Å². The first-order valence-corrected chi connectivity index (χ1v) is 6.78. The zero-order valence-electron chi connectivity index (χ0n) is 10.4. The fourth-order valence-electron chi connectivity index (χ4n) is 2.13. The minimum Gasteiger partial charge on any atom is -0.389 e. The quantitative estimate of drug-likeness (QED) is 0.798. The van der Waals surface area contributed by atoms with E-state index in [1.165, 1.54) is 12.8 Å². The molecule has 1 aromatic heterocycles. The van der Waals surface area contributed by atoms with Crippen LogP contribution in [0.2, 0.25) is 0 Å². The van der Waals surface area contributed by atoms with E-state index in [0.29, 0.717) is 11.1 Å². The van der Waals surface area contributed by atoms with Crippen molar-refractivity contribution in [1.82, 2.24) is 4.98 Å². The van der Waals surface area contributed by atoms with Crippen LogP contribution < -0.4 is 11.1 Å². The molecule has 98 valence electrons. The molecule has 0 saturated carbocycles. The molecule has 0 amide bonds. The van der Waals surface area contributed by atoms with Crippen LogP contribution in [0.3, 0.4) is 0 Å². The van der Waals surface area contributed by atoms with Gasteiger partial charge >= 0.3 is 0 Å². The van der Waals surface area contributed by atoms with Gasteiger partial charge in [0.15, 0.2) is 0 Å². The summed E-state index contributed by atoms with van der Waals surface area (Å²) in [4.78, 5) is 4.64. The number of nitrogens with one attached hydrogen (secondary N) is 1. The molecule has 18 heavy (non-hydrogen) atoms. The fourth-order valence-corrected chi connectivity index (χ4v) is 2.30. The normalized spacial score (nSPS) is 19.4. The zero-order chi connectivity index (χ0) is 12.8. The molecule has 1 unspecified atom stereocenters. The van der Waals surface area contributed by atoms with E-state index in [1.807, 2.05) is 12.1 Å². The van der Waals surface area contributed by atoms with Crippen LogP contribution in [-0.4, -0.2) is 29.2 Å². The minimum atomic E-state index is 0.375. The fraction of sp³-hybridized carbons (Fsp3) is 0.538. The number of nitrogens with zero attached hydrogens (tertiary/aromatic N) is 1. The molecule has 5 heteroatoms. The summed E-state index contributed by atoms with van der Waals surface area (Å²) in [5.41, 5.74) is 6.46. The second-order valence-electron chi connectivity index (χ2n) is 4.47. The number of pyridine rings is 1. The average Bonchev–Trinajstić information content (AvgIpc) is 2.40. The predicted molar refractivity (Wildman–Crippen MR) is 76.8 cm³/mol. The van der Waals surface area contributed by atoms with Gasteiger partial charge in [0.25, 0.3) is 0 Å². The van der Waals surface area contributed by atoms with E-state index in [1.54, 1.807) is 6.20 Å². The van der Waals surface area contributed by atoms with Crippen LogP contribution in [0.4, 0.5) is 5.82 Å². The Morgan fingerprint density at radius 2 is 2.44 bits per heavy atom. The van der Waals surface area contributed by atoms with Gasteiger partial charge in [-0.15, -0.1) is 0 Å². The average molecular weight is 265 g/mol. The highest BCUT2D eigenvalue weighted by atomic mass is 32.1. The third-order valence-corrected chi connectivity index (χ3v) is 3.33. The van der Waals surface area contributed by atoms with Crippen LogP contribution in [0, 0.1) is 0 Å². The Morgan fingerprint density at radius 3 is 3.17 bits per heavy atom. The Hall–Kier alpha value is -1.20. The first-order valence-electron chi connectivity index (χ1n) is 6.37. The van der Waals surface area contributed by atoms with Gasteiger partial charge in [-0.25, -0.2) is 4.98 Å². The summed E-state index contributed by atoms with van der Waals surface area (Å²) >= 11 is 5.00. The molecule has 0 spiro atoms. The molecule has 1 fully saturated rings. The molecule has 0 radical (unpaired) electrons. The van der Waals surface area contributed by atoms with Crippen LogP contribution in [0.5, 0.6) is 0 Å². The van der Waals surface area contributed by atoms with Gasteiger partial charge in [0.2, 0.25) is 0 Å². The van der Waals surface area contributed by atoms with E-state index in [0.717, 1.165) is 37.4 Å². The van der Waals surface area contributed by atoms with Gasteiger partial charge in [0, 0.05) is 19.3 Å². The molecular formula is C13H19N3OS. The number of thiocarbonyl (C=S) groups is 1. The Balaban J connectivity index is 1.84. The van der Waals surface area contributed by atoms with E-state index < -0.39 is 0 Å². The Morgan fingerprint density at radius 1 is 1.56 bits per heavy atom. The van der Waals surface area contributed by atoms with Crippen molar-refractivity contribution >= 4 is 23.0 Å². The maximum Gasteiger partial charge on any atom is 0.136 e. The van der Waals surface area contributed by atoms with Gasteiger partial charge in [-0.05, 0) is 37.8 Å². The van der Waals surface area contributed by atoms with E-state index in [4.69, 9.17) is 22.7 Å². The molecule has 1 atom stereocenters. The minimum absolute atomic E-state index is 0.375. The largest absolute Gasteiger partial charge is 0.389 e. The maximum atomic E-state index is 5.68. The van der Waals surface area contributed by atoms with Crippen molar-refractivity contribution in [1.29, 1.82) is 0 Å². The molecule has 2 rings (SSSR count). The van der Waals surface area contributed by atoms with Gasteiger partial charge in [0.1, 0.15) is 10.8 Å². The third-order valence-electron chi connectivity index (χ3n) is 3.11. The van der Waals surface area contributed by atoms with Crippen LogP contribution in [0.1, 0.15) is 31.2 Å². The van der Waals surface area contributed by atoms with E-state index in [9.17, 15) is 0 Å². The number of rotatable bonds is 5. The lowest BCUT2D eigenvalue weighted by molar-refractivity contribution is 0.0134. The lowest BCUT2D eigenvalue weighted by Crippen LogP contribution is -2.23. The van der Waals surface area contributed by atoms with Crippen LogP contribution in [0.25, 0.3) is 0 Å². The molecule has 1 aliphatic heterocycles. The number of hydrogen-bond acceptors (Lipinski definition) is 4. The summed E-state index contributed by atoms with van der Waals surface area (Å²) in [7, 11) is 0. The Kier molecular flexibility index (Phi) is 4.90. The lowest BCUT2D eigenvalue weighted by Gasteiger charge is -2.22. The molecule has 1 aromatic rings. The number of anilines is 1. The van der Waals surface area contributed by atoms with Crippen molar-refractivity contribution in [3.8, 4) is 0 Å². The van der Waals surface area contributed by atoms with Crippen LogP contribution >= 0.6 is 12.2 Å². The van der Waals surface area contributed by atoms with Crippen molar-refractivity contribution in [2.24, 2.45) is 5.73 Å². The van der Waals surface area contributed by atoms with Crippen molar-refractivity contribution in [3.05, 3.63) is 23.9 Å². The molecule has 3 N–H and O–H groups in total. The number of aromatic nitrogens is 1.